The van der Waals surface area contributed by atoms with Crippen molar-refractivity contribution in [1.82, 2.24) is 5.06 Å². The van der Waals surface area contributed by atoms with Crippen LogP contribution in [0.5, 0.6) is 0 Å². The Hall–Kier alpha value is -2.08. The normalized spacial score (nSPS) is 27.1. The lowest BCUT2D eigenvalue weighted by molar-refractivity contribution is -0.201. The van der Waals surface area contributed by atoms with E-state index in [0.717, 1.165) is 0 Å². The molecule has 0 aromatic heterocycles. The molecule has 0 bridgehead atoms. The number of carbonyl (C=O) groups is 3. The van der Waals surface area contributed by atoms with E-state index in [1.807, 2.05) is 0 Å². The molecule has 0 N–H and O–H groups in total. The molecule has 1 aliphatic carbocycles. The highest BCUT2D eigenvalue weighted by Crippen LogP contribution is 2.28. The van der Waals surface area contributed by atoms with Crippen LogP contribution < -0.4 is 0 Å². The van der Waals surface area contributed by atoms with Gasteiger partial charge in [-0.1, -0.05) is 5.11 Å². The number of carbonyl (C=O) groups excluding carboxylic acids is 3. The summed E-state index contributed by atoms with van der Waals surface area (Å²) in [5, 5.41) is 4.19. The van der Waals surface area contributed by atoms with Gasteiger partial charge in [0, 0.05) is 23.8 Å². The Balaban J connectivity index is 1.86. The Kier molecular flexibility index (Phi) is 4.01. The molecule has 0 aromatic rings. The van der Waals surface area contributed by atoms with Gasteiger partial charge >= 0.3 is 5.97 Å². The monoisotopic (exact) mass is 266 g/mol. The van der Waals surface area contributed by atoms with Crippen molar-refractivity contribution >= 4 is 17.8 Å². The maximum atomic E-state index is 11.8. The molecule has 0 spiro atoms. The topological polar surface area (TPSA) is 112 Å². The van der Waals surface area contributed by atoms with Crippen LogP contribution >= 0.6 is 0 Å². The number of rotatable bonds is 3. The molecular weight excluding hydrogens is 252 g/mol. The van der Waals surface area contributed by atoms with Gasteiger partial charge in [0.25, 0.3) is 11.8 Å². The van der Waals surface area contributed by atoms with Crippen LogP contribution in [-0.2, 0) is 19.2 Å². The van der Waals surface area contributed by atoms with Crippen molar-refractivity contribution in [1.29, 1.82) is 0 Å². The first-order chi connectivity index (χ1) is 9.11. The molecule has 2 rings (SSSR count). The van der Waals surface area contributed by atoms with E-state index in [0.29, 0.717) is 30.7 Å². The van der Waals surface area contributed by atoms with E-state index in [1.165, 1.54) is 0 Å². The van der Waals surface area contributed by atoms with E-state index in [-0.39, 0.29) is 24.8 Å². The minimum atomic E-state index is -0.553. The van der Waals surface area contributed by atoms with Crippen LogP contribution in [0, 0.1) is 5.92 Å². The Bertz CT molecular complexity index is 434. The number of hydrogen-bond acceptors (Lipinski definition) is 5. The molecule has 2 amide bonds. The van der Waals surface area contributed by atoms with E-state index >= 15 is 0 Å². The highest BCUT2D eigenvalue weighted by atomic mass is 16.7. The first kappa shape index (κ1) is 13.4. The van der Waals surface area contributed by atoms with E-state index in [9.17, 15) is 14.4 Å². The molecule has 8 heteroatoms. The zero-order valence-electron chi connectivity index (χ0n) is 10.3. The molecule has 19 heavy (non-hydrogen) atoms. The summed E-state index contributed by atoms with van der Waals surface area (Å²) in [6, 6.07) is -0.0795. The summed E-state index contributed by atoms with van der Waals surface area (Å²) in [4.78, 5) is 42.1. The second-order valence-corrected chi connectivity index (χ2v) is 4.70. The van der Waals surface area contributed by atoms with Crippen molar-refractivity contribution in [3.05, 3.63) is 10.4 Å². The van der Waals surface area contributed by atoms with Gasteiger partial charge in [0.05, 0.1) is 5.92 Å². The van der Waals surface area contributed by atoms with Gasteiger partial charge in [0.15, 0.2) is 0 Å². The van der Waals surface area contributed by atoms with Gasteiger partial charge in [-0.25, -0.2) is 4.79 Å². The van der Waals surface area contributed by atoms with Crippen molar-refractivity contribution < 1.29 is 19.2 Å². The van der Waals surface area contributed by atoms with Crippen molar-refractivity contribution in [2.24, 2.45) is 11.0 Å². The summed E-state index contributed by atoms with van der Waals surface area (Å²) < 4.78 is 0. The molecule has 8 nitrogen and oxygen atoms in total. The molecular formula is C11H14N4O4. The van der Waals surface area contributed by atoms with E-state index < -0.39 is 17.8 Å². The van der Waals surface area contributed by atoms with E-state index in [1.54, 1.807) is 0 Å². The van der Waals surface area contributed by atoms with Gasteiger partial charge in [0.2, 0.25) is 0 Å². The predicted molar refractivity (Wildman–Crippen MR) is 62.1 cm³/mol. The van der Waals surface area contributed by atoms with Gasteiger partial charge in [-0.05, 0) is 31.2 Å². The second kappa shape index (κ2) is 5.71. The lowest BCUT2D eigenvalue weighted by atomic mass is 9.86. The standard InChI is InChI=1S/C11H14N4O4/c12-14-13-8-3-1-7(2-4-8)11(18)19-15-9(16)5-6-10(15)17/h7-8H,1-6H2. The number of hydrogen-bond donors (Lipinski definition) is 0. The number of imide groups is 1. The minimum absolute atomic E-state index is 0.0795. The van der Waals surface area contributed by atoms with Crippen LogP contribution in [0.2, 0.25) is 0 Å². The molecule has 1 heterocycles. The summed E-state index contributed by atoms with van der Waals surface area (Å²) in [6.45, 7) is 0. The SMILES string of the molecule is [N-]=[N+]=NC1CCC(C(=O)ON2C(=O)CCC2=O)CC1. The molecule has 2 fully saturated rings. The second-order valence-electron chi connectivity index (χ2n) is 4.70. The zero-order chi connectivity index (χ0) is 13.8. The zero-order valence-corrected chi connectivity index (χ0v) is 10.3. The summed E-state index contributed by atoms with van der Waals surface area (Å²) in [5.74, 6) is -1.84. The van der Waals surface area contributed by atoms with Crippen LogP contribution in [0.1, 0.15) is 38.5 Å². The van der Waals surface area contributed by atoms with Gasteiger partial charge in [-0.3, -0.25) is 9.59 Å². The Labute approximate surface area is 109 Å². The van der Waals surface area contributed by atoms with Crippen LogP contribution in [0.25, 0.3) is 10.4 Å². The van der Waals surface area contributed by atoms with Crippen molar-refractivity contribution in [3.8, 4) is 0 Å². The molecule has 0 radical (unpaired) electrons. The fourth-order valence-corrected chi connectivity index (χ4v) is 2.32. The Morgan fingerprint density at radius 1 is 1.21 bits per heavy atom. The fourth-order valence-electron chi connectivity index (χ4n) is 2.32. The lowest BCUT2D eigenvalue weighted by Gasteiger charge is -2.25. The fraction of sp³-hybridized carbons (Fsp3) is 0.727. The summed E-state index contributed by atoms with van der Waals surface area (Å²) in [7, 11) is 0. The third kappa shape index (κ3) is 3.03. The highest BCUT2D eigenvalue weighted by Gasteiger charge is 2.35. The van der Waals surface area contributed by atoms with Gasteiger partial charge in [-0.15, -0.1) is 5.06 Å². The average Bonchev–Trinajstić information content (AvgIpc) is 2.72. The molecule has 102 valence electrons. The Morgan fingerprint density at radius 3 is 2.32 bits per heavy atom. The van der Waals surface area contributed by atoms with Crippen molar-refractivity contribution in [2.45, 2.75) is 44.6 Å². The average molecular weight is 266 g/mol. The van der Waals surface area contributed by atoms with Gasteiger partial charge in [0.1, 0.15) is 0 Å². The number of hydroxylamine groups is 2. The third-order valence-corrected chi connectivity index (χ3v) is 3.43. The first-order valence-corrected chi connectivity index (χ1v) is 6.23. The van der Waals surface area contributed by atoms with Crippen molar-refractivity contribution in [3.63, 3.8) is 0 Å². The molecule has 2 aliphatic rings. The maximum Gasteiger partial charge on any atom is 0.336 e. The molecule has 0 aromatic carbocycles. The molecule has 1 aliphatic heterocycles. The van der Waals surface area contributed by atoms with Crippen LogP contribution in [0.3, 0.4) is 0 Å². The number of amides is 2. The van der Waals surface area contributed by atoms with Crippen LogP contribution in [0.15, 0.2) is 5.11 Å². The molecule has 0 atom stereocenters. The van der Waals surface area contributed by atoms with Gasteiger partial charge in [-0.2, -0.15) is 0 Å². The molecule has 1 saturated carbocycles. The highest BCUT2D eigenvalue weighted by molar-refractivity contribution is 6.01. The molecule has 0 unspecified atom stereocenters. The van der Waals surface area contributed by atoms with Crippen LogP contribution in [-0.4, -0.2) is 28.9 Å². The van der Waals surface area contributed by atoms with E-state index in [4.69, 9.17) is 10.4 Å². The van der Waals surface area contributed by atoms with Crippen LogP contribution in [0.4, 0.5) is 0 Å². The number of azide groups is 1. The predicted octanol–water partition coefficient (Wildman–Crippen LogP) is 1.46. The summed E-state index contributed by atoms with van der Waals surface area (Å²) in [6.07, 6.45) is 2.50. The maximum absolute atomic E-state index is 11.8. The largest absolute Gasteiger partial charge is 0.336 e. The van der Waals surface area contributed by atoms with Gasteiger partial charge < -0.3 is 4.84 Å². The quantitative estimate of drug-likeness (QED) is 0.333. The van der Waals surface area contributed by atoms with Crippen molar-refractivity contribution in [2.75, 3.05) is 0 Å². The first-order valence-electron chi connectivity index (χ1n) is 6.23. The summed E-state index contributed by atoms with van der Waals surface area (Å²) >= 11 is 0. The summed E-state index contributed by atoms with van der Waals surface area (Å²) in [5.41, 5.74) is 8.33. The lowest BCUT2D eigenvalue weighted by Crippen LogP contribution is -2.36. The Morgan fingerprint density at radius 2 is 1.79 bits per heavy atom. The number of nitrogens with zero attached hydrogens (tertiary/aromatic N) is 4. The minimum Gasteiger partial charge on any atom is -0.330 e. The molecule has 1 saturated heterocycles. The van der Waals surface area contributed by atoms with E-state index in [2.05, 4.69) is 10.0 Å². The smallest absolute Gasteiger partial charge is 0.330 e. The third-order valence-electron chi connectivity index (χ3n) is 3.43.